The van der Waals surface area contributed by atoms with Crippen molar-refractivity contribution in [2.24, 2.45) is 0 Å². The molecule has 48 valence electrons. The molecule has 1 rings (SSSR count). The van der Waals surface area contributed by atoms with Crippen LogP contribution in [0, 0.1) is 0 Å². The van der Waals surface area contributed by atoms with E-state index in [0.29, 0.717) is 6.61 Å². The summed E-state index contributed by atoms with van der Waals surface area (Å²) in [7, 11) is 0. The molecule has 1 fully saturated rings. The van der Waals surface area contributed by atoms with Gasteiger partial charge in [-0.1, -0.05) is 0 Å². The van der Waals surface area contributed by atoms with Crippen molar-refractivity contribution in [2.45, 2.75) is 26.0 Å². The summed E-state index contributed by atoms with van der Waals surface area (Å²) in [5.74, 6) is 0. The number of hydrogen-bond acceptors (Lipinski definition) is 2. The van der Waals surface area contributed by atoms with E-state index in [9.17, 15) is 4.39 Å². The second kappa shape index (κ2) is 1.67. The van der Waals surface area contributed by atoms with Gasteiger partial charge in [0.25, 0.3) is 0 Å². The maximum Gasteiger partial charge on any atom is 0.317 e. The van der Waals surface area contributed by atoms with Gasteiger partial charge in [0.1, 0.15) is 0 Å². The Balaban J connectivity index is 2.44. The third kappa shape index (κ3) is 1.17. The molecule has 0 saturated carbocycles. The SMILES string of the molecule is CC1COC(C)(F)O1. The highest BCUT2D eigenvalue weighted by atomic mass is 19.2. The fourth-order valence-electron chi connectivity index (χ4n) is 0.694. The van der Waals surface area contributed by atoms with Gasteiger partial charge in [-0.2, -0.15) is 4.39 Å². The molecular weight excluding hydrogens is 111 g/mol. The molecule has 1 saturated heterocycles. The van der Waals surface area contributed by atoms with Gasteiger partial charge < -0.3 is 9.47 Å². The van der Waals surface area contributed by atoms with Gasteiger partial charge in [-0.3, -0.25) is 0 Å². The second-order valence-electron chi connectivity index (χ2n) is 2.07. The Hall–Kier alpha value is -0.150. The molecule has 0 spiro atoms. The Morgan fingerprint density at radius 2 is 2.38 bits per heavy atom. The van der Waals surface area contributed by atoms with Crippen molar-refractivity contribution in [3.05, 3.63) is 0 Å². The molecule has 0 aromatic rings. The van der Waals surface area contributed by atoms with Crippen molar-refractivity contribution in [1.29, 1.82) is 0 Å². The van der Waals surface area contributed by atoms with Gasteiger partial charge in [0.05, 0.1) is 12.7 Å². The Labute approximate surface area is 47.6 Å². The third-order valence-electron chi connectivity index (χ3n) is 0.988. The Morgan fingerprint density at radius 1 is 1.75 bits per heavy atom. The zero-order valence-corrected chi connectivity index (χ0v) is 4.98. The van der Waals surface area contributed by atoms with Crippen molar-refractivity contribution < 1.29 is 13.9 Å². The van der Waals surface area contributed by atoms with Gasteiger partial charge in [0, 0.05) is 6.92 Å². The smallest absolute Gasteiger partial charge is 0.317 e. The zero-order valence-electron chi connectivity index (χ0n) is 4.98. The molecule has 0 aromatic carbocycles. The standard InChI is InChI=1S/C5H9FO2/c1-4-3-7-5(2,6)8-4/h4H,3H2,1-2H3. The van der Waals surface area contributed by atoms with Gasteiger partial charge >= 0.3 is 6.04 Å². The van der Waals surface area contributed by atoms with Crippen molar-refractivity contribution in [2.75, 3.05) is 6.61 Å². The van der Waals surface area contributed by atoms with Crippen LogP contribution in [0.25, 0.3) is 0 Å². The largest absolute Gasteiger partial charge is 0.321 e. The first-order chi connectivity index (χ1) is 3.60. The average Bonchev–Trinajstić information content (AvgIpc) is 1.82. The van der Waals surface area contributed by atoms with E-state index in [4.69, 9.17) is 0 Å². The zero-order chi connectivity index (χ0) is 6.20. The molecule has 0 bridgehead atoms. The summed E-state index contributed by atoms with van der Waals surface area (Å²) >= 11 is 0. The minimum absolute atomic E-state index is 0.106. The summed E-state index contributed by atoms with van der Waals surface area (Å²) < 4.78 is 21.6. The second-order valence-corrected chi connectivity index (χ2v) is 2.07. The topological polar surface area (TPSA) is 18.5 Å². The maximum absolute atomic E-state index is 12.4. The molecule has 0 amide bonds. The molecule has 2 unspecified atom stereocenters. The highest BCUT2D eigenvalue weighted by molar-refractivity contribution is 4.60. The van der Waals surface area contributed by atoms with E-state index >= 15 is 0 Å². The van der Waals surface area contributed by atoms with Crippen molar-refractivity contribution >= 4 is 0 Å². The summed E-state index contributed by atoms with van der Waals surface area (Å²) in [6, 6.07) is -1.83. The van der Waals surface area contributed by atoms with E-state index < -0.39 is 6.04 Å². The minimum Gasteiger partial charge on any atom is -0.321 e. The Morgan fingerprint density at radius 3 is 2.50 bits per heavy atom. The van der Waals surface area contributed by atoms with Gasteiger partial charge in [0.15, 0.2) is 0 Å². The molecule has 2 atom stereocenters. The van der Waals surface area contributed by atoms with Crippen LogP contribution in [0.3, 0.4) is 0 Å². The van der Waals surface area contributed by atoms with E-state index in [1.54, 1.807) is 6.92 Å². The van der Waals surface area contributed by atoms with Crippen molar-refractivity contribution in [3.8, 4) is 0 Å². The van der Waals surface area contributed by atoms with Crippen LogP contribution in [0.1, 0.15) is 13.8 Å². The molecule has 0 radical (unpaired) electrons. The van der Waals surface area contributed by atoms with E-state index in [1.807, 2.05) is 0 Å². The van der Waals surface area contributed by atoms with Crippen LogP contribution in [0.4, 0.5) is 4.39 Å². The van der Waals surface area contributed by atoms with Crippen LogP contribution in [0.15, 0.2) is 0 Å². The van der Waals surface area contributed by atoms with E-state index in [1.165, 1.54) is 6.92 Å². The van der Waals surface area contributed by atoms with Crippen molar-refractivity contribution in [1.82, 2.24) is 0 Å². The molecule has 0 N–H and O–H groups in total. The van der Waals surface area contributed by atoms with Crippen LogP contribution in [-0.4, -0.2) is 18.8 Å². The molecule has 1 aliphatic heterocycles. The molecule has 1 aliphatic rings. The summed E-state index contributed by atoms with van der Waals surface area (Å²) in [5.41, 5.74) is 0. The van der Waals surface area contributed by atoms with Crippen LogP contribution in [0.5, 0.6) is 0 Å². The fraction of sp³-hybridized carbons (Fsp3) is 1.00. The molecule has 0 aliphatic carbocycles. The van der Waals surface area contributed by atoms with Crippen LogP contribution >= 0.6 is 0 Å². The summed E-state index contributed by atoms with van der Waals surface area (Å²) in [4.78, 5) is 0. The highest BCUT2D eigenvalue weighted by Crippen LogP contribution is 2.23. The van der Waals surface area contributed by atoms with E-state index in [0.717, 1.165) is 0 Å². The Kier molecular flexibility index (Phi) is 1.25. The van der Waals surface area contributed by atoms with Gasteiger partial charge in [-0.15, -0.1) is 0 Å². The van der Waals surface area contributed by atoms with Crippen LogP contribution < -0.4 is 0 Å². The van der Waals surface area contributed by atoms with E-state index in [2.05, 4.69) is 9.47 Å². The minimum atomic E-state index is -1.83. The lowest BCUT2D eigenvalue weighted by molar-refractivity contribution is -0.245. The fourth-order valence-corrected chi connectivity index (χ4v) is 0.694. The summed E-state index contributed by atoms with van der Waals surface area (Å²) in [6.45, 7) is 3.38. The Bertz CT molecular complexity index is 92.4. The molecule has 3 heteroatoms. The molecule has 2 nitrogen and oxygen atoms in total. The molecular formula is C5H9FO2. The lowest BCUT2D eigenvalue weighted by Gasteiger charge is -2.09. The first-order valence-electron chi connectivity index (χ1n) is 2.61. The van der Waals surface area contributed by atoms with Gasteiger partial charge in [-0.25, -0.2) is 0 Å². The first-order valence-corrected chi connectivity index (χ1v) is 2.61. The highest BCUT2D eigenvalue weighted by Gasteiger charge is 2.34. The quantitative estimate of drug-likeness (QED) is 0.476. The predicted octanol–water partition coefficient (Wildman–Crippen LogP) is 1.06. The lowest BCUT2D eigenvalue weighted by atomic mass is 10.5. The number of hydrogen-bond donors (Lipinski definition) is 0. The normalized spacial score (nSPS) is 47.6. The molecule has 0 aromatic heterocycles. The number of halogens is 1. The van der Waals surface area contributed by atoms with Gasteiger partial charge in [0.2, 0.25) is 0 Å². The van der Waals surface area contributed by atoms with Crippen molar-refractivity contribution in [3.63, 3.8) is 0 Å². The van der Waals surface area contributed by atoms with Crippen LogP contribution in [0.2, 0.25) is 0 Å². The lowest BCUT2D eigenvalue weighted by Crippen LogP contribution is -2.18. The van der Waals surface area contributed by atoms with E-state index in [-0.39, 0.29) is 6.10 Å². The number of rotatable bonds is 0. The third-order valence-corrected chi connectivity index (χ3v) is 0.988. The molecule has 8 heavy (non-hydrogen) atoms. The first kappa shape index (κ1) is 5.98. The summed E-state index contributed by atoms with van der Waals surface area (Å²) in [5, 5.41) is 0. The number of alkyl halides is 1. The van der Waals surface area contributed by atoms with Crippen LogP contribution in [-0.2, 0) is 9.47 Å². The molecule has 1 heterocycles. The number of ether oxygens (including phenoxy) is 2. The predicted molar refractivity (Wildman–Crippen MR) is 26.0 cm³/mol. The summed E-state index contributed by atoms with van der Waals surface area (Å²) in [6.07, 6.45) is -0.106. The monoisotopic (exact) mass is 120 g/mol. The average molecular weight is 120 g/mol. The maximum atomic E-state index is 12.4. The van der Waals surface area contributed by atoms with Gasteiger partial charge in [-0.05, 0) is 6.92 Å².